The van der Waals surface area contributed by atoms with Crippen LogP contribution in [-0.2, 0) is 0 Å². The zero-order valence-electron chi connectivity index (χ0n) is 10.5. The maximum Gasteiger partial charge on any atom is 0.337 e. The molecule has 0 radical (unpaired) electrons. The van der Waals surface area contributed by atoms with E-state index in [1.807, 2.05) is 36.6 Å². The Morgan fingerprint density at radius 2 is 1.89 bits per heavy atom. The third-order valence-corrected chi connectivity index (χ3v) is 3.48. The van der Waals surface area contributed by atoms with E-state index >= 15 is 0 Å². The maximum atomic E-state index is 11.1. The standard InChI is InChI=1S/C14H14ClNO2/c1-8-4-5-11(7-13(8)15)16-9(2)6-12(10(16)3)14(17)18/h4-7H,1-3H3,(H,17,18). The molecule has 0 aliphatic heterocycles. The molecule has 0 aliphatic rings. The fourth-order valence-electron chi connectivity index (χ4n) is 2.10. The lowest BCUT2D eigenvalue weighted by Crippen LogP contribution is -2.02. The molecule has 0 atom stereocenters. The summed E-state index contributed by atoms with van der Waals surface area (Å²) in [6.07, 6.45) is 0. The van der Waals surface area contributed by atoms with Crippen LogP contribution in [0.15, 0.2) is 24.3 Å². The monoisotopic (exact) mass is 263 g/mol. The van der Waals surface area contributed by atoms with Gasteiger partial charge in [-0.15, -0.1) is 0 Å². The van der Waals surface area contributed by atoms with E-state index in [2.05, 4.69) is 0 Å². The summed E-state index contributed by atoms with van der Waals surface area (Å²) in [7, 11) is 0. The Morgan fingerprint density at radius 3 is 2.39 bits per heavy atom. The number of halogens is 1. The molecule has 0 unspecified atom stereocenters. The van der Waals surface area contributed by atoms with Crippen LogP contribution < -0.4 is 0 Å². The van der Waals surface area contributed by atoms with Crippen LogP contribution >= 0.6 is 11.6 Å². The third kappa shape index (κ3) is 2.02. The van der Waals surface area contributed by atoms with Gasteiger partial charge in [-0.2, -0.15) is 0 Å². The first kappa shape index (κ1) is 12.7. The number of rotatable bonds is 2. The van der Waals surface area contributed by atoms with Gasteiger partial charge < -0.3 is 9.67 Å². The van der Waals surface area contributed by atoms with Crippen LogP contribution in [0.1, 0.15) is 27.3 Å². The van der Waals surface area contributed by atoms with Crippen molar-refractivity contribution in [3.63, 3.8) is 0 Å². The van der Waals surface area contributed by atoms with Crippen molar-refractivity contribution in [2.24, 2.45) is 0 Å². The molecule has 4 heteroatoms. The second-order valence-electron chi connectivity index (χ2n) is 4.36. The number of aryl methyl sites for hydroxylation is 2. The molecule has 2 rings (SSSR count). The van der Waals surface area contributed by atoms with E-state index in [0.29, 0.717) is 16.3 Å². The lowest BCUT2D eigenvalue weighted by atomic mass is 10.2. The van der Waals surface area contributed by atoms with Crippen molar-refractivity contribution in [2.75, 3.05) is 0 Å². The van der Waals surface area contributed by atoms with E-state index in [-0.39, 0.29) is 0 Å². The van der Waals surface area contributed by atoms with Crippen molar-refractivity contribution in [2.45, 2.75) is 20.8 Å². The van der Waals surface area contributed by atoms with E-state index in [1.54, 1.807) is 13.0 Å². The van der Waals surface area contributed by atoms with Crippen LogP contribution in [0.3, 0.4) is 0 Å². The molecule has 0 aliphatic carbocycles. The van der Waals surface area contributed by atoms with Gasteiger partial charge >= 0.3 is 5.97 Å². The maximum absolute atomic E-state index is 11.1. The lowest BCUT2D eigenvalue weighted by molar-refractivity contribution is 0.0696. The summed E-state index contributed by atoms with van der Waals surface area (Å²) < 4.78 is 1.90. The molecule has 0 amide bonds. The van der Waals surface area contributed by atoms with E-state index in [1.165, 1.54) is 0 Å². The Bertz CT molecular complexity index is 629. The van der Waals surface area contributed by atoms with Crippen molar-refractivity contribution in [1.29, 1.82) is 0 Å². The summed E-state index contributed by atoms with van der Waals surface area (Å²) in [6.45, 7) is 5.61. The molecule has 94 valence electrons. The van der Waals surface area contributed by atoms with Crippen molar-refractivity contribution in [3.8, 4) is 5.69 Å². The van der Waals surface area contributed by atoms with Crippen LogP contribution in [0.25, 0.3) is 5.69 Å². The fraction of sp³-hybridized carbons (Fsp3) is 0.214. The highest BCUT2D eigenvalue weighted by Gasteiger charge is 2.15. The molecule has 18 heavy (non-hydrogen) atoms. The minimum Gasteiger partial charge on any atom is -0.478 e. The van der Waals surface area contributed by atoms with Gasteiger partial charge in [0.05, 0.1) is 5.56 Å². The van der Waals surface area contributed by atoms with Gasteiger partial charge in [0, 0.05) is 22.1 Å². The third-order valence-electron chi connectivity index (χ3n) is 3.08. The van der Waals surface area contributed by atoms with Crippen LogP contribution in [-0.4, -0.2) is 15.6 Å². The molecule has 1 N–H and O–H groups in total. The molecule has 2 aromatic rings. The van der Waals surface area contributed by atoms with Gasteiger partial charge in [-0.25, -0.2) is 4.79 Å². The van der Waals surface area contributed by atoms with Gasteiger partial charge in [0.1, 0.15) is 0 Å². The molecular weight excluding hydrogens is 250 g/mol. The first-order chi connectivity index (χ1) is 8.41. The Hall–Kier alpha value is -1.74. The van der Waals surface area contributed by atoms with Gasteiger partial charge in [-0.1, -0.05) is 17.7 Å². The molecule has 1 aromatic heterocycles. The fourth-order valence-corrected chi connectivity index (χ4v) is 2.27. The highest BCUT2D eigenvalue weighted by Crippen LogP contribution is 2.24. The first-order valence-electron chi connectivity index (χ1n) is 5.60. The molecule has 3 nitrogen and oxygen atoms in total. The van der Waals surface area contributed by atoms with Gasteiger partial charge in [0.25, 0.3) is 0 Å². The summed E-state index contributed by atoms with van der Waals surface area (Å²) in [5, 5.41) is 9.79. The molecule has 0 fully saturated rings. The topological polar surface area (TPSA) is 42.2 Å². The number of carbonyl (C=O) groups is 1. The van der Waals surface area contributed by atoms with Gasteiger partial charge in [-0.05, 0) is 44.5 Å². The zero-order chi connectivity index (χ0) is 13.4. The number of aromatic nitrogens is 1. The summed E-state index contributed by atoms with van der Waals surface area (Å²) in [4.78, 5) is 11.1. The molecule has 0 bridgehead atoms. The van der Waals surface area contributed by atoms with Gasteiger partial charge in [0.15, 0.2) is 0 Å². The Kier molecular flexibility index (Phi) is 3.18. The molecule has 1 aromatic carbocycles. The highest BCUT2D eigenvalue weighted by atomic mass is 35.5. The Morgan fingerprint density at radius 1 is 1.22 bits per heavy atom. The number of carboxylic acid groups (broad SMARTS) is 1. The Balaban J connectivity index is 2.64. The Labute approximate surface area is 111 Å². The molecular formula is C14H14ClNO2. The van der Waals surface area contributed by atoms with E-state index in [9.17, 15) is 4.79 Å². The minimum absolute atomic E-state index is 0.323. The van der Waals surface area contributed by atoms with E-state index in [4.69, 9.17) is 16.7 Å². The van der Waals surface area contributed by atoms with Crippen LogP contribution in [0.2, 0.25) is 5.02 Å². The van der Waals surface area contributed by atoms with E-state index < -0.39 is 5.97 Å². The minimum atomic E-state index is -0.910. The number of carboxylic acids is 1. The summed E-state index contributed by atoms with van der Waals surface area (Å²) in [5.41, 5.74) is 3.79. The molecule has 1 heterocycles. The van der Waals surface area contributed by atoms with E-state index in [0.717, 1.165) is 16.9 Å². The summed E-state index contributed by atoms with van der Waals surface area (Å²) in [6, 6.07) is 7.39. The number of hydrogen-bond donors (Lipinski definition) is 1. The molecule has 0 saturated heterocycles. The van der Waals surface area contributed by atoms with Crippen molar-refractivity contribution >= 4 is 17.6 Å². The van der Waals surface area contributed by atoms with Crippen LogP contribution in [0.4, 0.5) is 0 Å². The average Bonchev–Trinajstić information content (AvgIpc) is 2.59. The first-order valence-corrected chi connectivity index (χ1v) is 5.98. The SMILES string of the molecule is Cc1ccc(-n2c(C)cc(C(=O)O)c2C)cc1Cl. The summed E-state index contributed by atoms with van der Waals surface area (Å²) in [5.74, 6) is -0.910. The van der Waals surface area contributed by atoms with Gasteiger partial charge in [-0.3, -0.25) is 0 Å². The number of aromatic carboxylic acids is 1. The predicted octanol–water partition coefficient (Wildman–Crippen LogP) is 3.75. The molecule has 0 saturated carbocycles. The van der Waals surface area contributed by atoms with Crippen molar-refractivity contribution < 1.29 is 9.90 Å². The second kappa shape index (κ2) is 4.50. The normalized spacial score (nSPS) is 10.7. The number of hydrogen-bond acceptors (Lipinski definition) is 1. The van der Waals surface area contributed by atoms with Crippen molar-refractivity contribution in [3.05, 3.63) is 51.8 Å². The average molecular weight is 264 g/mol. The van der Waals surface area contributed by atoms with Crippen LogP contribution in [0.5, 0.6) is 0 Å². The highest BCUT2D eigenvalue weighted by molar-refractivity contribution is 6.31. The smallest absolute Gasteiger partial charge is 0.337 e. The second-order valence-corrected chi connectivity index (χ2v) is 4.77. The summed E-state index contributed by atoms with van der Waals surface area (Å²) >= 11 is 6.11. The largest absolute Gasteiger partial charge is 0.478 e. The van der Waals surface area contributed by atoms with Gasteiger partial charge in [0.2, 0.25) is 0 Å². The molecule has 0 spiro atoms. The van der Waals surface area contributed by atoms with Crippen molar-refractivity contribution in [1.82, 2.24) is 4.57 Å². The van der Waals surface area contributed by atoms with Crippen LogP contribution in [0, 0.1) is 20.8 Å². The number of benzene rings is 1. The lowest BCUT2D eigenvalue weighted by Gasteiger charge is -2.11. The quantitative estimate of drug-likeness (QED) is 0.897. The number of nitrogens with zero attached hydrogens (tertiary/aromatic N) is 1. The predicted molar refractivity (Wildman–Crippen MR) is 71.9 cm³/mol. The zero-order valence-corrected chi connectivity index (χ0v) is 11.2.